The summed E-state index contributed by atoms with van der Waals surface area (Å²) in [5.41, 5.74) is 0.344. The van der Waals surface area contributed by atoms with E-state index in [0.29, 0.717) is 11.7 Å². The Morgan fingerprint density at radius 2 is 1.87 bits per heavy atom. The minimum atomic E-state index is 0.344. The minimum absolute atomic E-state index is 0.344. The minimum Gasteiger partial charge on any atom is -0.371 e. The van der Waals surface area contributed by atoms with Crippen molar-refractivity contribution in [2.24, 2.45) is 17.8 Å². The van der Waals surface area contributed by atoms with Crippen LogP contribution >= 0.6 is 0 Å². The second kappa shape index (κ2) is 2.78. The quantitative estimate of drug-likeness (QED) is 0.601. The van der Waals surface area contributed by atoms with Crippen LogP contribution in [0.25, 0.3) is 0 Å². The fourth-order valence-corrected chi connectivity index (χ4v) is 4.86. The molecule has 0 aromatic rings. The lowest BCUT2D eigenvalue weighted by Crippen LogP contribution is -2.65. The number of ether oxygens (including phenoxy) is 1. The fraction of sp³-hybridized carbons (Fsp3) is 1.00. The van der Waals surface area contributed by atoms with Crippen LogP contribution in [0.2, 0.25) is 0 Å². The first-order chi connectivity index (χ1) is 7.28. The number of rotatable bonds is 0. The first kappa shape index (κ1) is 9.00. The van der Waals surface area contributed by atoms with Crippen molar-refractivity contribution in [2.75, 3.05) is 20.1 Å². The van der Waals surface area contributed by atoms with E-state index in [1.165, 1.54) is 45.2 Å². The zero-order chi connectivity index (χ0) is 10.0. The van der Waals surface area contributed by atoms with Gasteiger partial charge in [-0.05, 0) is 51.0 Å². The highest BCUT2D eigenvalue weighted by Crippen LogP contribution is 2.63. The molecule has 0 unspecified atom stereocenters. The third kappa shape index (κ3) is 1.03. The molecule has 2 aliphatic carbocycles. The highest BCUT2D eigenvalue weighted by atomic mass is 16.5. The maximum absolute atomic E-state index is 6.35. The molecular formula is C13H21NO. The normalized spacial score (nSPS) is 51.8. The summed E-state index contributed by atoms with van der Waals surface area (Å²) < 4.78 is 6.35. The van der Waals surface area contributed by atoms with Crippen molar-refractivity contribution in [1.29, 1.82) is 0 Å². The van der Waals surface area contributed by atoms with Crippen LogP contribution in [-0.4, -0.2) is 36.7 Å². The largest absolute Gasteiger partial charge is 0.371 e. The van der Waals surface area contributed by atoms with Crippen LogP contribution in [0, 0.1) is 17.8 Å². The van der Waals surface area contributed by atoms with Gasteiger partial charge in [0.15, 0.2) is 0 Å². The van der Waals surface area contributed by atoms with E-state index in [4.69, 9.17) is 4.74 Å². The van der Waals surface area contributed by atoms with E-state index in [0.717, 1.165) is 17.8 Å². The molecule has 0 N–H and O–H groups in total. The summed E-state index contributed by atoms with van der Waals surface area (Å²) in [6.07, 6.45) is 7.75. The van der Waals surface area contributed by atoms with Gasteiger partial charge in [-0.3, -0.25) is 0 Å². The van der Waals surface area contributed by atoms with Crippen LogP contribution in [0.1, 0.15) is 32.1 Å². The van der Waals surface area contributed by atoms with Crippen LogP contribution < -0.4 is 0 Å². The Bertz CT molecular complexity index is 280. The topological polar surface area (TPSA) is 12.5 Å². The molecule has 0 amide bonds. The van der Waals surface area contributed by atoms with Crippen LogP contribution in [-0.2, 0) is 4.74 Å². The van der Waals surface area contributed by atoms with Gasteiger partial charge >= 0.3 is 0 Å². The van der Waals surface area contributed by atoms with Gasteiger partial charge in [-0.15, -0.1) is 0 Å². The Hall–Kier alpha value is -0.0800. The standard InChI is InChI=1S/C13H21NO/c1-14-6-4-13(5-7-14)11-9-2-3-10(8-9)12(11)15-13/h9-12H,2-8H2,1H3/t9-,10+,11+,12-/m0/s1. The fourth-order valence-electron chi connectivity index (χ4n) is 4.86. The Labute approximate surface area is 92.0 Å². The Morgan fingerprint density at radius 1 is 1.13 bits per heavy atom. The monoisotopic (exact) mass is 207 g/mol. The molecule has 2 aliphatic heterocycles. The summed E-state index contributed by atoms with van der Waals surface area (Å²) in [6, 6.07) is 0. The molecule has 2 saturated heterocycles. The van der Waals surface area contributed by atoms with Crippen molar-refractivity contribution in [3.05, 3.63) is 0 Å². The lowest BCUT2D eigenvalue weighted by atomic mass is 9.65. The molecule has 2 bridgehead atoms. The van der Waals surface area contributed by atoms with E-state index >= 15 is 0 Å². The van der Waals surface area contributed by atoms with E-state index in [2.05, 4.69) is 11.9 Å². The number of nitrogens with zero attached hydrogens (tertiary/aromatic N) is 1. The molecule has 2 heterocycles. The van der Waals surface area contributed by atoms with Crippen LogP contribution in [0.3, 0.4) is 0 Å². The molecule has 0 aromatic heterocycles. The molecule has 15 heavy (non-hydrogen) atoms. The highest BCUT2D eigenvalue weighted by Gasteiger charge is 2.66. The van der Waals surface area contributed by atoms with Gasteiger partial charge in [0.25, 0.3) is 0 Å². The van der Waals surface area contributed by atoms with Crippen molar-refractivity contribution in [2.45, 2.75) is 43.8 Å². The summed E-state index contributed by atoms with van der Waals surface area (Å²) in [5.74, 6) is 2.95. The second-order valence-electron chi connectivity index (χ2n) is 6.31. The van der Waals surface area contributed by atoms with Gasteiger partial charge in [-0.2, -0.15) is 0 Å². The summed E-state index contributed by atoms with van der Waals surface area (Å²) in [6.45, 7) is 2.50. The maximum Gasteiger partial charge on any atom is 0.0766 e. The Balaban J connectivity index is 1.56. The van der Waals surface area contributed by atoms with Gasteiger partial charge in [-0.25, -0.2) is 0 Å². The molecule has 2 saturated carbocycles. The number of piperidine rings is 1. The zero-order valence-electron chi connectivity index (χ0n) is 9.61. The molecule has 0 aromatic carbocycles. The van der Waals surface area contributed by atoms with Gasteiger partial charge in [0.1, 0.15) is 0 Å². The first-order valence-corrected chi connectivity index (χ1v) is 6.65. The predicted octanol–water partition coefficient (Wildman–Crippen LogP) is 1.90. The zero-order valence-corrected chi connectivity index (χ0v) is 9.61. The van der Waals surface area contributed by atoms with Crippen molar-refractivity contribution in [1.82, 2.24) is 4.90 Å². The van der Waals surface area contributed by atoms with E-state index in [1.807, 2.05) is 0 Å². The van der Waals surface area contributed by atoms with Crippen molar-refractivity contribution in [3.8, 4) is 0 Å². The molecule has 4 rings (SSSR count). The third-order valence-electron chi connectivity index (χ3n) is 5.65. The van der Waals surface area contributed by atoms with Gasteiger partial charge in [-0.1, -0.05) is 0 Å². The SMILES string of the molecule is CN1CCC2(CC1)O[C@H]1[C@@H]3CC[C@@H](C3)[C@H]12. The number of fused-ring (bicyclic) bond motifs is 6. The number of hydrogen-bond acceptors (Lipinski definition) is 2. The van der Waals surface area contributed by atoms with Gasteiger partial charge in [0.2, 0.25) is 0 Å². The molecule has 4 fully saturated rings. The average molecular weight is 207 g/mol. The third-order valence-corrected chi connectivity index (χ3v) is 5.65. The van der Waals surface area contributed by atoms with Crippen LogP contribution in [0.5, 0.6) is 0 Å². The van der Waals surface area contributed by atoms with E-state index in [1.54, 1.807) is 0 Å². The van der Waals surface area contributed by atoms with Gasteiger partial charge < -0.3 is 9.64 Å². The average Bonchev–Trinajstić information content (AvgIpc) is 2.75. The van der Waals surface area contributed by atoms with Crippen molar-refractivity contribution < 1.29 is 4.74 Å². The molecule has 4 aliphatic rings. The summed E-state index contributed by atoms with van der Waals surface area (Å²) in [4.78, 5) is 2.45. The lowest BCUT2D eigenvalue weighted by Gasteiger charge is -2.59. The Kier molecular flexibility index (Phi) is 1.67. The van der Waals surface area contributed by atoms with Crippen molar-refractivity contribution in [3.63, 3.8) is 0 Å². The van der Waals surface area contributed by atoms with Crippen LogP contribution in [0.4, 0.5) is 0 Å². The molecule has 0 radical (unpaired) electrons. The van der Waals surface area contributed by atoms with E-state index < -0.39 is 0 Å². The Morgan fingerprint density at radius 3 is 2.60 bits per heavy atom. The predicted molar refractivity (Wildman–Crippen MR) is 58.7 cm³/mol. The van der Waals surface area contributed by atoms with Gasteiger partial charge in [0, 0.05) is 19.0 Å². The summed E-state index contributed by atoms with van der Waals surface area (Å²) in [5, 5.41) is 0. The smallest absolute Gasteiger partial charge is 0.0766 e. The highest BCUT2D eigenvalue weighted by molar-refractivity contribution is 5.14. The molecule has 2 nitrogen and oxygen atoms in total. The molecule has 2 heteroatoms. The molecular weight excluding hydrogens is 186 g/mol. The van der Waals surface area contributed by atoms with Crippen LogP contribution in [0.15, 0.2) is 0 Å². The van der Waals surface area contributed by atoms with E-state index in [9.17, 15) is 0 Å². The summed E-state index contributed by atoms with van der Waals surface area (Å²) >= 11 is 0. The van der Waals surface area contributed by atoms with Crippen molar-refractivity contribution >= 4 is 0 Å². The first-order valence-electron chi connectivity index (χ1n) is 6.65. The molecule has 1 spiro atoms. The van der Waals surface area contributed by atoms with E-state index in [-0.39, 0.29) is 0 Å². The lowest BCUT2D eigenvalue weighted by molar-refractivity contribution is -0.291. The maximum atomic E-state index is 6.35. The molecule has 84 valence electrons. The number of hydrogen-bond donors (Lipinski definition) is 0. The molecule has 4 atom stereocenters. The second-order valence-corrected chi connectivity index (χ2v) is 6.31. The van der Waals surface area contributed by atoms with Gasteiger partial charge in [0.05, 0.1) is 11.7 Å². The number of likely N-dealkylation sites (tertiary alicyclic amines) is 1. The summed E-state index contributed by atoms with van der Waals surface area (Å²) in [7, 11) is 2.24.